The smallest absolute Gasteiger partial charge is 0.273 e. The summed E-state index contributed by atoms with van der Waals surface area (Å²) in [6, 6.07) is 8.56. The van der Waals surface area contributed by atoms with Gasteiger partial charge in [-0.25, -0.2) is 4.37 Å². The number of carbonyl (C=O) groups excluding carboxylic acids is 1. The van der Waals surface area contributed by atoms with Crippen molar-refractivity contribution in [3.05, 3.63) is 69.1 Å². The summed E-state index contributed by atoms with van der Waals surface area (Å²) in [5.41, 5.74) is 6.07. The van der Waals surface area contributed by atoms with Crippen LogP contribution in [0.3, 0.4) is 0 Å². The van der Waals surface area contributed by atoms with Gasteiger partial charge in [-0.15, -0.1) is 0 Å². The van der Waals surface area contributed by atoms with Gasteiger partial charge in [0.1, 0.15) is 5.69 Å². The lowest BCUT2D eigenvalue weighted by atomic mass is 9.81. The Morgan fingerprint density at radius 1 is 1.15 bits per heavy atom. The summed E-state index contributed by atoms with van der Waals surface area (Å²) in [7, 11) is 0. The number of fused-ring (bicyclic) bond motifs is 1. The average molecular weight is 463 g/mol. The van der Waals surface area contributed by atoms with Crippen molar-refractivity contribution in [2.24, 2.45) is 5.92 Å². The van der Waals surface area contributed by atoms with Gasteiger partial charge < -0.3 is 15.2 Å². The largest absolute Gasteiger partial charge is 0.378 e. The fraction of sp³-hybridized carbons (Fsp3) is 0.423. The average Bonchev–Trinajstić information content (AvgIpc) is 3.47. The number of hydrogen-bond acceptors (Lipinski definition) is 5. The van der Waals surface area contributed by atoms with Crippen molar-refractivity contribution in [2.45, 2.75) is 64.6 Å². The zero-order chi connectivity index (χ0) is 22.9. The number of amides is 1. The molecule has 2 aromatic heterocycles. The molecule has 3 heterocycles. The maximum atomic E-state index is 13.2. The van der Waals surface area contributed by atoms with E-state index in [0.717, 1.165) is 47.9 Å². The minimum atomic E-state index is 0.0352. The van der Waals surface area contributed by atoms with Crippen molar-refractivity contribution in [2.75, 3.05) is 5.32 Å². The maximum Gasteiger partial charge on any atom is 0.273 e. The number of hydrogen-bond donors (Lipinski definition) is 2. The minimum Gasteiger partial charge on any atom is -0.378 e. The van der Waals surface area contributed by atoms with E-state index < -0.39 is 0 Å². The Morgan fingerprint density at radius 2 is 1.97 bits per heavy atom. The SMILES string of the molecule is CC(C)Cn1cc(-c2cnsc2)cc(N[C@H]2CC[C@@H](c3ccc4c(c3)CNC4=O)CC2)c1=O. The topological polar surface area (TPSA) is 76.0 Å². The van der Waals surface area contributed by atoms with Gasteiger partial charge in [-0.2, -0.15) is 0 Å². The molecule has 0 bridgehead atoms. The molecule has 1 amide bonds. The van der Waals surface area contributed by atoms with Crippen molar-refractivity contribution in [3.63, 3.8) is 0 Å². The Labute approximate surface area is 198 Å². The van der Waals surface area contributed by atoms with Gasteiger partial charge in [-0.05, 0) is 72.3 Å². The Bertz CT molecular complexity index is 1210. The van der Waals surface area contributed by atoms with Crippen molar-refractivity contribution >= 4 is 23.1 Å². The van der Waals surface area contributed by atoms with Gasteiger partial charge >= 0.3 is 0 Å². The summed E-state index contributed by atoms with van der Waals surface area (Å²) in [6.45, 7) is 5.59. The van der Waals surface area contributed by atoms with E-state index >= 15 is 0 Å². The Kier molecular flexibility index (Phi) is 6.06. The number of benzene rings is 1. The molecule has 0 saturated heterocycles. The number of rotatable bonds is 6. The van der Waals surface area contributed by atoms with Gasteiger partial charge in [0.25, 0.3) is 11.5 Å². The van der Waals surface area contributed by atoms with Crippen LogP contribution in [0.15, 0.2) is 46.8 Å². The number of pyridine rings is 1. The quantitative estimate of drug-likeness (QED) is 0.540. The molecule has 1 aliphatic heterocycles. The zero-order valence-electron chi connectivity index (χ0n) is 19.1. The second-order valence-corrected chi connectivity index (χ2v) is 10.4. The predicted octanol–water partition coefficient (Wildman–Crippen LogP) is 5.01. The van der Waals surface area contributed by atoms with E-state index in [0.29, 0.717) is 30.6 Å². The molecule has 0 spiro atoms. The van der Waals surface area contributed by atoms with E-state index in [1.807, 2.05) is 34.5 Å². The van der Waals surface area contributed by atoms with E-state index in [1.54, 1.807) is 0 Å². The van der Waals surface area contributed by atoms with E-state index in [2.05, 4.69) is 41.0 Å². The van der Waals surface area contributed by atoms with Gasteiger partial charge in [0.2, 0.25) is 0 Å². The first-order valence-electron chi connectivity index (χ1n) is 11.8. The van der Waals surface area contributed by atoms with Crippen molar-refractivity contribution in [1.82, 2.24) is 14.3 Å². The van der Waals surface area contributed by atoms with Crippen LogP contribution in [0, 0.1) is 5.92 Å². The molecule has 172 valence electrons. The molecule has 0 atom stereocenters. The van der Waals surface area contributed by atoms with Crippen molar-refractivity contribution in [1.29, 1.82) is 0 Å². The van der Waals surface area contributed by atoms with Crippen LogP contribution in [0.4, 0.5) is 5.69 Å². The molecule has 0 radical (unpaired) electrons. The lowest BCUT2D eigenvalue weighted by molar-refractivity contribution is 0.0965. The Balaban J connectivity index is 1.31. The van der Waals surface area contributed by atoms with Gasteiger partial charge in [0, 0.05) is 53.6 Å². The molecule has 3 aromatic rings. The number of nitrogens with one attached hydrogen (secondary N) is 2. The molecule has 1 aromatic carbocycles. The van der Waals surface area contributed by atoms with Crippen LogP contribution >= 0.6 is 11.5 Å². The lowest BCUT2D eigenvalue weighted by Crippen LogP contribution is -2.31. The van der Waals surface area contributed by atoms with E-state index in [9.17, 15) is 9.59 Å². The van der Waals surface area contributed by atoms with Crippen LogP contribution in [-0.4, -0.2) is 20.9 Å². The third-order valence-corrected chi connectivity index (χ3v) is 7.37. The van der Waals surface area contributed by atoms with Crippen molar-refractivity contribution < 1.29 is 4.79 Å². The van der Waals surface area contributed by atoms with Gasteiger partial charge in [-0.1, -0.05) is 26.0 Å². The zero-order valence-corrected chi connectivity index (χ0v) is 20.0. The molecular weight excluding hydrogens is 432 g/mol. The predicted molar refractivity (Wildman–Crippen MR) is 133 cm³/mol. The highest BCUT2D eigenvalue weighted by atomic mass is 32.1. The summed E-state index contributed by atoms with van der Waals surface area (Å²) >= 11 is 1.43. The fourth-order valence-corrected chi connectivity index (χ4v) is 5.62. The molecule has 33 heavy (non-hydrogen) atoms. The van der Waals surface area contributed by atoms with Crippen LogP contribution in [0.1, 0.15) is 66.9 Å². The van der Waals surface area contributed by atoms with Crippen LogP contribution < -0.4 is 16.2 Å². The highest BCUT2D eigenvalue weighted by molar-refractivity contribution is 7.03. The summed E-state index contributed by atoms with van der Waals surface area (Å²) in [5, 5.41) is 8.50. The van der Waals surface area contributed by atoms with Crippen LogP contribution in [0.2, 0.25) is 0 Å². The first kappa shape index (κ1) is 21.9. The molecule has 1 saturated carbocycles. The summed E-state index contributed by atoms with van der Waals surface area (Å²) in [5.74, 6) is 0.928. The minimum absolute atomic E-state index is 0.0352. The molecule has 7 heteroatoms. The van der Waals surface area contributed by atoms with Gasteiger partial charge in [0.15, 0.2) is 0 Å². The standard InChI is InChI=1S/C26H30N4O2S/c1-16(2)13-30-14-20(21-12-28-33-15-21)10-24(26(30)32)29-22-6-3-17(4-7-22)18-5-8-23-19(9-18)11-27-25(23)31/h5,8-10,12,14-17,22,29H,3-4,6-7,11,13H2,1-2H3,(H,27,31)/t17-,22+. The van der Waals surface area contributed by atoms with Gasteiger partial charge in [-0.3, -0.25) is 9.59 Å². The fourth-order valence-electron chi connectivity index (χ4n) is 5.07. The number of nitrogens with zero attached hydrogens (tertiary/aromatic N) is 2. The Morgan fingerprint density at radius 3 is 2.70 bits per heavy atom. The van der Waals surface area contributed by atoms with Crippen LogP contribution in [-0.2, 0) is 13.1 Å². The van der Waals surface area contributed by atoms with Crippen LogP contribution in [0.25, 0.3) is 11.1 Å². The van der Waals surface area contributed by atoms with E-state index in [1.165, 1.54) is 17.1 Å². The second-order valence-electron chi connectivity index (χ2n) is 9.70. The maximum absolute atomic E-state index is 13.2. The lowest BCUT2D eigenvalue weighted by Gasteiger charge is -2.30. The molecule has 1 aliphatic carbocycles. The first-order valence-corrected chi connectivity index (χ1v) is 12.6. The highest BCUT2D eigenvalue weighted by Gasteiger charge is 2.26. The molecular formula is C26H30N4O2S. The molecule has 6 nitrogen and oxygen atoms in total. The number of anilines is 1. The summed E-state index contributed by atoms with van der Waals surface area (Å²) in [6.07, 6.45) is 8.01. The number of aromatic nitrogens is 2. The molecule has 2 N–H and O–H groups in total. The molecule has 5 rings (SSSR count). The molecule has 2 aliphatic rings. The monoisotopic (exact) mass is 462 g/mol. The molecule has 1 fully saturated rings. The molecule has 0 unspecified atom stereocenters. The second kappa shape index (κ2) is 9.14. The third kappa shape index (κ3) is 4.60. The summed E-state index contributed by atoms with van der Waals surface area (Å²) < 4.78 is 6.07. The van der Waals surface area contributed by atoms with Gasteiger partial charge in [0.05, 0.1) is 0 Å². The third-order valence-electron chi connectivity index (χ3n) is 6.79. The first-order chi connectivity index (χ1) is 16.0. The number of carbonyl (C=O) groups is 1. The normalized spacial score (nSPS) is 20.0. The van der Waals surface area contributed by atoms with Crippen LogP contribution in [0.5, 0.6) is 0 Å². The van der Waals surface area contributed by atoms with E-state index in [4.69, 9.17) is 0 Å². The van der Waals surface area contributed by atoms with E-state index in [-0.39, 0.29) is 17.5 Å². The Hall–Kier alpha value is -2.93. The summed E-state index contributed by atoms with van der Waals surface area (Å²) in [4.78, 5) is 25.0. The highest BCUT2D eigenvalue weighted by Crippen LogP contribution is 2.35. The van der Waals surface area contributed by atoms with Crippen molar-refractivity contribution in [3.8, 4) is 11.1 Å².